The molecular formula is C12H21NO4. The van der Waals surface area contributed by atoms with Crippen molar-refractivity contribution in [1.29, 1.82) is 0 Å². The third kappa shape index (κ3) is 3.66. The molecule has 2 aliphatic rings. The molecule has 0 bridgehead atoms. The first-order valence-electron chi connectivity index (χ1n) is 6.32. The van der Waals surface area contributed by atoms with E-state index in [1.165, 1.54) is 6.42 Å². The summed E-state index contributed by atoms with van der Waals surface area (Å²) >= 11 is 0. The predicted octanol–water partition coefficient (Wildman–Crippen LogP) is 0.982. The van der Waals surface area contributed by atoms with Crippen LogP contribution >= 0.6 is 0 Å². The second-order valence-electron chi connectivity index (χ2n) is 5.18. The molecular weight excluding hydrogens is 222 g/mol. The quantitative estimate of drug-likeness (QED) is 0.753. The number of nitrogens with one attached hydrogen (secondary N) is 1. The van der Waals surface area contributed by atoms with Gasteiger partial charge in [0, 0.05) is 12.8 Å². The smallest absolute Gasteiger partial charge is 0.303 e. The molecule has 0 aromatic rings. The van der Waals surface area contributed by atoms with Gasteiger partial charge in [0.25, 0.3) is 0 Å². The average molecular weight is 243 g/mol. The number of aliphatic carboxylic acids is 1. The van der Waals surface area contributed by atoms with E-state index in [4.69, 9.17) is 14.6 Å². The van der Waals surface area contributed by atoms with Crippen LogP contribution < -0.4 is 5.32 Å². The first-order chi connectivity index (χ1) is 8.07. The molecule has 3 unspecified atom stereocenters. The third-order valence-corrected chi connectivity index (χ3v) is 3.49. The monoisotopic (exact) mass is 243 g/mol. The van der Waals surface area contributed by atoms with E-state index >= 15 is 0 Å². The van der Waals surface area contributed by atoms with Gasteiger partial charge in [-0.3, -0.25) is 4.79 Å². The normalized spacial score (nSPS) is 37.5. The summed E-state index contributed by atoms with van der Waals surface area (Å²) in [6, 6.07) is 0. The first kappa shape index (κ1) is 12.8. The fourth-order valence-corrected chi connectivity index (χ4v) is 2.64. The molecule has 17 heavy (non-hydrogen) atoms. The van der Waals surface area contributed by atoms with Gasteiger partial charge < -0.3 is 19.9 Å². The maximum absolute atomic E-state index is 10.5. The lowest BCUT2D eigenvalue weighted by atomic mass is 9.99. The van der Waals surface area contributed by atoms with E-state index in [9.17, 15) is 4.79 Å². The molecule has 2 aliphatic heterocycles. The number of hydrogen-bond acceptors (Lipinski definition) is 4. The molecule has 0 saturated carbocycles. The number of carboxylic acid groups (broad SMARTS) is 1. The summed E-state index contributed by atoms with van der Waals surface area (Å²) in [7, 11) is 0. The summed E-state index contributed by atoms with van der Waals surface area (Å²) in [4.78, 5) is 10.5. The largest absolute Gasteiger partial charge is 0.481 e. The van der Waals surface area contributed by atoms with Gasteiger partial charge in [0.1, 0.15) is 0 Å². The van der Waals surface area contributed by atoms with Gasteiger partial charge in [-0.2, -0.15) is 0 Å². The van der Waals surface area contributed by atoms with Crippen molar-refractivity contribution in [2.24, 2.45) is 5.92 Å². The molecule has 2 fully saturated rings. The zero-order chi connectivity index (χ0) is 12.3. The second-order valence-corrected chi connectivity index (χ2v) is 5.18. The molecule has 0 aromatic carbocycles. The third-order valence-electron chi connectivity index (χ3n) is 3.49. The van der Waals surface area contributed by atoms with Crippen molar-refractivity contribution < 1.29 is 19.4 Å². The highest BCUT2D eigenvalue weighted by Crippen LogP contribution is 2.33. The number of hydrogen-bond donors (Lipinski definition) is 2. The van der Waals surface area contributed by atoms with Crippen LogP contribution in [-0.2, 0) is 14.3 Å². The Balaban J connectivity index is 1.76. The van der Waals surface area contributed by atoms with Crippen LogP contribution in [0.4, 0.5) is 0 Å². The molecule has 3 atom stereocenters. The van der Waals surface area contributed by atoms with E-state index in [-0.39, 0.29) is 12.5 Å². The fourth-order valence-electron chi connectivity index (χ4n) is 2.64. The van der Waals surface area contributed by atoms with Crippen LogP contribution in [-0.4, -0.2) is 42.7 Å². The van der Waals surface area contributed by atoms with Crippen molar-refractivity contribution in [2.45, 2.75) is 44.5 Å². The van der Waals surface area contributed by atoms with Crippen molar-refractivity contribution >= 4 is 5.97 Å². The lowest BCUT2D eigenvalue weighted by molar-refractivity contribution is -0.166. The molecule has 0 aromatic heterocycles. The van der Waals surface area contributed by atoms with Crippen LogP contribution in [0, 0.1) is 5.92 Å². The maximum atomic E-state index is 10.5. The zero-order valence-corrected chi connectivity index (χ0v) is 10.3. The Kier molecular flexibility index (Phi) is 4.01. The van der Waals surface area contributed by atoms with Gasteiger partial charge in [0.15, 0.2) is 5.79 Å². The number of carbonyl (C=O) groups is 1. The van der Waals surface area contributed by atoms with E-state index in [0.29, 0.717) is 18.9 Å². The summed E-state index contributed by atoms with van der Waals surface area (Å²) in [5.41, 5.74) is 0. The molecule has 0 amide bonds. The molecule has 0 radical (unpaired) electrons. The highest BCUT2D eigenvalue weighted by molar-refractivity contribution is 5.66. The van der Waals surface area contributed by atoms with E-state index in [1.807, 2.05) is 6.92 Å². The molecule has 2 heterocycles. The van der Waals surface area contributed by atoms with Gasteiger partial charge in [-0.1, -0.05) is 0 Å². The number of ether oxygens (including phenoxy) is 2. The summed E-state index contributed by atoms with van der Waals surface area (Å²) in [5, 5.41) is 12.0. The maximum Gasteiger partial charge on any atom is 0.303 e. The minimum Gasteiger partial charge on any atom is -0.481 e. The lowest BCUT2D eigenvalue weighted by Crippen LogP contribution is -2.30. The Morgan fingerprint density at radius 3 is 3.06 bits per heavy atom. The van der Waals surface area contributed by atoms with Crippen molar-refractivity contribution in [3.63, 3.8) is 0 Å². The Bertz CT molecular complexity index is 278. The van der Waals surface area contributed by atoms with Gasteiger partial charge >= 0.3 is 5.97 Å². The molecule has 2 N–H and O–H groups in total. The van der Waals surface area contributed by atoms with Crippen LogP contribution in [0.1, 0.15) is 32.6 Å². The molecule has 2 rings (SSSR count). The Hall–Kier alpha value is -0.650. The topological polar surface area (TPSA) is 67.8 Å². The van der Waals surface area contributed by atoms with Crippen molar-refractivity contribution in [2.75, 3.05) is 19.7 Å². The molecule has 5 heteroatoms. The van der Waals surface area contributed by atoms with Crippen LogP contribution in [0.3, 0.4) is 0 Å². The number of carboxylic acids is 1. The highest BCUT2D eigenvalue weighted by atomic mass is 16.7. The van der Waals surface area contributed by atoms with Crippen LogP contribution in [0.5, 0.6) is 0 Å². The van der Waals surface area contributed by atoms with Gasteiger partial charge in [-0.15, -0.1) is 0 Å². The van der Waals surface area contributed by atoms with Crippen LogP contribution in [0.25, 0.3) is 0 Å². The molecule has 98 valence electrons. The van der Waals surface area contributed by atoms with E-state index in [1.54, 1.807) is 0 Å². The van der Waals surface area contributed by atoms with Gasteiger partial charge in [0.05, 0.1) is 12.7 Å². The zero-order valence-electron chi connectivity index (χ0n) is 10.3. The average Bonchev–Trinajstić information content (AvgIpc) is 2.86. The summed E-state index contributed by atoms with van der Waals surface area (Å²) in [5.74, 6) is -0.680. The summed E-state index contributed by atoms with van der Waals surface area (Å²) < 4.78 is 11.6. The van der Waals surface area contributed by atoms with Gasteiger partial charge in [-0.05, 0) is 38.8 Å². The Morgan fingerprint density at radius 2 is 2.41 bits per heavy atom. The summed E-state index contributed by atoms with van der Waals surface area (Å²) in [6.45, 7) is 4.58. The standard InChI is InChI=1S/C12H21NO4/c1-12(6-9-4-5-13-7-9)16-8-10(17-12)2-3-11(14)15/h9-10,13H,2-8H2,1H3,(H,14,15). The van der Waals surface area contributed by atoms with E-state index in [2.05, 4.69) is 5.32 Å². The Morgan fingerprint density at radius 1 is 1.59 bits per heavy atom. The lowest BCUT2D eigenvalue weighted by Gasteiger charge is -2.26. The van der Waals surface area contributed by atoms with E-state index in [0.717, 1.165) is 19.5 Å². The molecule has 5 nitrogen and oxygen atoms in total. The molecule has 2 saturated heterocycles. The fraction of sp³-hybridized carbons (Fsp3) is 0.917. The second kappa shape index (κ2) is 5.33. The van der Waals surface area contributed by atoms with Crippen molar-refractivity contribution in [1.82, 2.24) is 5.32 Å². The SMILES string of the molecule is CC1(CC2CCNC2)OCC(CCC(=O)O)O1. The van der Waals surface area contributed by atoms with Crippen molar-refractivity contribution in [3.8, 4) is 0 Å². The minimum atomic E-state index is -0.776. The van der Waals surface area contributed by atoms with Crippen LogP contribution in [0.2, 0.25) is 0 Å². The summed E-state index contributed by atoms with van der Waals surface area (Å²) in [6.07, 6.45) is 2.68. The number of rotatable bonds is 5. The predicted molar refractivity (Wildman–Crippen MR) is 61.7 cm³/mol. The Labute approximate surface area is 101 Å². The first-order valence-corrected chi connectivity index (χ1v) is 6.32. The van der Waals surface area contributed by atoms with Crippen LogP contribution in [0.15, 0.2) is 0 Å². The minimum absolute atomic E-state index is 0.0644. The molecule has 0 spiro atoms. The van der Waals surface area contributed by atoms with E-state index < -0.39 is 11.8 Å². The molecule has 0 aliphatic carbocycles. The van der Waals surface area contributed by atoms with Gasteiger partial charge in [-0.25, -0.2) is 0 Å². The van der Waals surface area contributed by atoms with Gasteiger partial charge in [0.2, 0.25) is 0 Å². The van der Waals surface area contributed by atoms with Crippen molar-refractivity contribution in [3.05, 3.63) is 0 Å². The highest BCUT2D eigenvalue weighted by Gasteiger charge is 2.39.